The summed E-state index contributed by atoms with van der Waals surface area (Å²) in [4.78, 5) is 0. The third-order valence-corrected chi connectivity index (χ3v) is 3.12. The molecule has 2 N–H and O–H groups in total. The van der Waals surface area contributed by atoms with Crippen molar-refractivity contribution >= 4 is 11.6 Å². The predicted molar refractivity (Wildman–Crippen MR) is 79.5 cm³/mol. The first-order chi connectivity index (χ1) is 9.94. The molecule has 0 fully saturated rings. The van der Waals surface area contributed by atoms with E-state index in [4.69, 9.17) is 22.1 Å². The fourth-order valence-corrected chi connectivity index (χ4v) is 2.25. The Kier molecular flexibility index (Phi) is 5.15. The van der Waals surface area contributed by atoms with Crippen molar-refractivity contribution in [3.63, 3.8) is 0 Å². The summed E-state index contributed by atoms with van der Waals surface area (Å²) in [6.07, 6.45) is 0.605. The van der Waals surface area contributed by atoms with Gasteiger partial charge in [-0.2, -0.15) is 0 Å². The lowest BCUT2D eigenvalue weighted by molar-refractivity contribution is 0.301. The first-order valence-electron chi connectivity index (χ1n) is 6.56. The zero-order valence-electron chi connectivity index (χ0n) is 11.6. The molecule has 0 spiro atoms. The van der Waals surface area contributed by atoms with E-state index in [1.807, 2.05) is 6.92 Å². The molecule has 0 heterocycles. The molecule has 0 aliphatic rings. The normalized spacial score (nSPS) is 12.2. The van der Waals surface area contributed by atoms with Gasteiger partial charge in [0.15, 0.2) is 0 Å². The second-order valence-electron chi connectivity index (χ2n) is 5.00. The molecule has 1 unspecified atom stereocenters. The Hall–Kier alpha value is -1.65. The van der Waals surface area contributed by atoms with Crippen LogP contribution in [0.25, 0.3) is 0 Å². The van der Waals surface area contributed by atoms with Crippen LogP contribution in [0.2, 0.25) is 5.02 Å². The Balaban J connectivity index is 2.15. The van der Waals surface area contributed by atoms with Crippen molar-refractivity contribution in [1.29, 1.82) is 0 Å². The molecule has 2 rings (SSSR count). The highest BCUT2D eigenvalue weighted by Crippen LogP contribution is 2.25. The summed E-state index contributed by atoms with van der Waals surface area (Å²) in [6.45, 7) is 1.95. The minimum Gasteiger partial charge on any atom is -0.489 e. The molecule has 0 amide bonds. The van der Waals surface area contributed by atoms with Crippen LogP contribution in [0.15, 0.2) is 36.4 Å². The number of ether oxygens (including phenoxy) is 1. The topological polar surface area (TPSA) is 35.2 Å². The van der Waals surface area contributed by atoms with Gasteiger partial charge in [0, 0.05) is 17.1 Å². The zero-order chi connectivity index (χ0) is 15.4. The molecule has 2 aromatic rings. The quantitative estimate of drug-likeness (QED) is 0.902. The van der Waals surface area contributed by atoms with Gasteiger partial charge >= 0.3 is 0 Å². The number of rotatable bonds is 5. The molecule has 0 saturated carbocycles. The van der Waals surface area contributed by atoms with Crippen molar-refractivity contribution in [1.82, 2.24) is 0 Å². The Morgan fingerprint density at radius 1 is 1.14 bits per heavy atom. The summed E-state index contributed by atoms with van der Waals surface area (Å²) >= 11 is 5.96. The summed E-state index contributed by atoms with van der Waals surface area (Å²) < 4.78 is 31.9. The third kappa shape index (κ3) is 4.69. The van der Waals surface area contributed by atoms with Gasteiger partial charge in [0.05, 0.1) is 0 Å². The van der Waals surface area contributed by atoms with Crippen LogP contribution in [0.1, 0.15) is 18.1 Å². The summed E-state index contributed by atoms with van der Waals surface area (Å²) in [6, 6.07) is 8.48. The van der Waals surface area contributed by atoms with E-state index in [-0.39, 0.29) is 12.6 Å². The van der Waals surface area contributed by atoms with Crippen LogP contribution in [-0.2, 0) is 13.0 Å². The van der Waals surface area contributed by atoms with E-state index in [1.165, 1.54) is 12.1 Å². The fourth-order valence-electron chi connectivity index (χ4n) is 2.05. The number of benzene rings is 2. The van der Waals surface area contributed by atoms with Crippen LogP contribution in [0.5, 0.6) is 5.75 Å². The van der Waals surface area contributed by atoms with Crippen molar-refractivity contribution in [2.75, 3.05) is 0 Å². The molecule has 1 atom stereocenters. The second-order valence-corrected chi connectivity index (χ2v) is 5.44. The highest BCUT2D eigenvalue weighted by molar-refractivity contribution is 6.30. The van der Waals surface area contributed by atoms with Gasteiger partial charge in [0.1, 0.15) is 24.0 Å². The largest absolute Gasteiger partial charge is 0.489 e. The van der Waals surface area contributed by atoms with Crippen LogP contribution in [0, 0.1) is 11.6 Å². The van der Waals surface area contributed by atoms with E-state index in [2.05, 4.69) is 0 Å². The molecule has 0 radical (unpaired) electrons. The van der Waals surface area contributed by atoms with E-state index in [1.54, 1.807) is 18.2 Å². The monoisotopic (exact) mass is 311 g/mol. The number of hydrogen-bond donors (Lipinski definition) is 1. The molecule has 0 saturated heterocycles. The van der Waals surface area contributed by atoms with Gasteiger partial charge in [0.2, 0.25) is 0 Å². The lowest BCUT2D eigenvalue weighted by Crippen LogP contribution is -2.18. The SMILES string of the molecule is CC(N)Cc1cc(Cl)ccc1OCc1cc(F)cc(F)c1. The molecular weight excluding hydrogens is 296 g/mol. The van der Waals surface area contributed by atoms with Crippen molar-refractivity contribution in [3.8, 4) is 5.75 Å². The average molecular weight is 312 g/mol. The van der Waals surface area contributed by atoms with E-state index < -0.39 is 11.6 Å². The Bertz CT molecular complexity index is 611. The number of nitrogens with two attached hydrogens (primary N) is 1. The van der Waals surface area contributed by atoms with Gasteiger partial charge in [0.25, 0.3) is 0 Å². The molecule has 2 nitrogen and oxygen atoms in total. The van der Waals surface area contributed by atoms with E-state index >= 15 is 0 Å². The van der Waals surface area contributed by atoms with Crippen LogP contribution in [0.4, 0.5) is 8.78 Å². The maximum Gasteiger partial charge on any atom is 0.126 e. The predicted octanol–water partition coefficient (Wildman–Crippen LogP) is 4.09. The van der Waals surface area contributed by atoms with Crippen molar-refractivity contribution < 1.29 is 13.5 Å². The summed E-state index contributed by atoms with van der Waals surface area (Å²) in [7, 11) is 0. The van der Waals surface area contributed by atoms with Gasteiger partial charge in [-0.3, -0.25) is 0 Å². The third-order valence-electron chi connectivity index (χ3n) is 2.88. The Morgan fingerprint density at radius 2 is 1.81 bits per heavy atom. The van der Waals surface area contributed by atoms with Gasteiger partial charge in [-0.15, -0.1) is 0 Å². The first kappa shape index (κ1) is 15.7. The fraction of sp³-hybridized carbons (Fsp3) is 0.250. The number of halogens is 3. The van der Waals surface area contributed by atoms with Gasteiger partial charge in [-0.25, -0.2) is 8.78 Å². The van der Waals surface area contributed by atoms with Crippen LogP contribution in [-0.4, -0.2) is 6.04 Å². The van der Waals surface area contributed by atoms with Crippen molar-refractivity contribution in [2.24, 2.45) is 5.73 Å². The van der Waals surface area contributed by atoms with Crippen LogP contribution >= 0.6 is 11.6 Å². The van der Waals surface area contributed by atoms with E-state index in [9.17, 15) is 8.78 Å². The first-order valence-corrected chi connectivity index (χ1v) is 6.93. The minimum absolute atomic E-state index is 0.0440. The molecule has 0 aliphatic heterocycles. The highest BCUT2D eigenvalue weighted by atomic mass is 35.5. The van der Waals surface area contributed by atoms with E-state index in [0.717, 1.165) is 11.6 Å². The molecule has 0 aromatic heterocycles. The molecule has 0 bridgehead atoms. The van der Waals surface area contributed by atoms with E-state index in [0.29, 0.717) is 22.8 Å². The molecular formula is C16H16ClF2NO. The Morgan fingerprint density at radius 3 is 2.43 bits per heavy atom. The smallest absolute Gasteiger partial charge is 0.126 e. The minimum atomic E-state index is -0.625. The lowest BCUT2D eigenvalue weighted by Gasteiger charge is -2.14. The maximum absolute atomic E-state index is 13.1. The Labute approximate surface area is 127 Å². The van der Waals surface area contributed by atoms with Crippen LogP contribution < -0.4 is 10.5 Å². The second kappa shape index (κ2) is 6.87. The molecule has 5 heteroatoms. The van der Waals surface area contributed by atoms with Crippen molar-refractivity contribution in [3.05, 3.63) is 64.2 Å². The van der Waals surface area contributed by atoms with Gasteiger partial charge < -0.3 is 10.5 Å². The average Bonchev–Trinajstić information content (AvgIpc) is 2.36. The standard InChI is InChI=1S/C16H16ClF2NO/c1-10(20)4-12-7-13(17)2-3-16(12)21-9-11-5-14(18)8-15(19)6-11/h2-3,5-8,10H,4,9,20H2,1H3. The molecule has 112 valence electrons. The van der Waals surface area contributed by atoms with Crippen LogP contribution in [0.3, 0.4) is 0 Å². The highest BCUT2D eigenvalue weighted by Gasteiger charge is 2.08. The summed E-state index contributed by atoms with van der Waals surface area (Å²) in [5.41, 5.74) is 7.09. The molecule has 2 aromatic carbocycles. The van der Waals surface area contributed by atoms with Gasteiger partial charge in [-0.05, 0) is 54.8 Å². The summed E-state index contributed by atoms with van der Waals surface area (Å²) in [5.74, 6) is -0.637. The van der Waals surface area contributed by atoms with Crippen molar-refractivity contribution in [2.45, 2.75) is 26.0 Å². The zero-order valence-corrected chi connectivity index (χ0v) is 12.3. The number of hydrogen-bond acceptors (Lipinski definition) is 2. The van der Waals surface area contributed by atoms with Gasteiger partial charge in [-0.1, -0.05) is 11.6 Å². The lowest BCUT2D eigenvalue weighted by atomic mass is 10.1. The maximum atomic E-state index is 13.1. The summed E-state index contributed by atoms with van der Waals surface area (Å²) in [5, 5.41) is 0.592. The molecule has 0 aliphatic carbocycles. The molecule has 21 heavy (non-hydrogen) atoms.